The number of nitrogens with one attached hydrogen (secondary N) is 1. The van der Waals surface area contributed by atoms with E-state index < -0.39 is 0 Å². The van der Waals surface area contributed by atoms with E-state index in [4.69, 9.17) is 16.3 Å². The molecule has 3 heteroatoms. The minimum atomic E-state index is -0.103. The van der Waals surface area contributed by atoms with Gasteiger partial charge in [0.05, 0.1) is 12.2 Å². The highest BCUT2D eigenvalue weighted by molar-refractivity contribution is 6.31. The van der Waals surface area contributed by atoms with Gasteiger partial charge < -0.3 is 10.1 Å². The highest BCUT2D eigenvalue weighted by Gasteiger charge is 2.16. The van der Waals surface area contributed by atoms with E-state index in [1.807, 2.05) is 18.2 Å². The fourth-order valence-corrected chi connectivity index (χ4v) is 1.97. The third-order valence-electron chi connectivity index (χ3n) is 2.63. The Morgan fingerprint density at radius 1 is 1.28 bits per heavy atom. The summed E-state index contributed by atoms with van der Waals surface area (Å²) < 4.78 is 5.85. The van der Waals surface area contributed by atoms with Crippen LogP contribution in [0.2, 0.25) is 5.02 Å². The van der Waals surface area contributed by atoms with Crippen molar-refractivity contribution in [1.29, 1.82) is 0 Å². The number of hydrogen-bond acceptors (Lipinski definition) is 2. The third-order valence-corrected chi connectivity index (χ3v) is 3.00. The Bertz CT molecular complexity index is 360. The average molecular weight is 270 g/mol. The lowest BCUT2D eigenvalue weighted by Crippen LogP contribution is -2.38. The first-order valence-corrected chi connectivity index (χ1v) is 6.91. The molecule has 1 unspecified atom stereocenters. The second-order valence-electron chi connectivity index (χ2n) is 5.47. The Balaban J connectivity index is 2.60. The van der Waals surface area contributed by atoms with Crippen molar-refractivity contribution in [3.05, 3.63) is 34.9 Å². The molecule has 0 saturated heterocycles. The molecule has 0 bridgehead atoms. The van der Waals surface area contributed by atoms with E-state index in [-0.39, 0.29) is 5.60 Å². The van der Waals surface area contributed by atoms with Gasteiger partial charge in [-0.25, -0.2) is 0 Å². The van der Waals surface area contributed by atoms with Crippen molar-refractivity contribution >= 4 is 11.6 Å². The van der Waals surface area contributed by atoms with Crippen LogP contribution >= 0.6 is 11.6 Å². The van der Waals surface area contributed by atoms with Crippen LogP contribution in [0.1, 0.15) is 33.3 Å². The van der Waals surface area contributed by atoms with Crippen LogP contribution < -0.4 is 5.32 Å². The first kappa shape index (κ1) is 15.5. The summed E-state index contributed by atoms with van der Waals surface area (Å²) in [5.74, 6) is 0. The highest BCUT2D eigenvalue weighted by Crippen LogP contribution is 2.17. The molecule has 0 heterocycles. The van der Waals surface area contributed by atoms with Crippen molar-refractivity contribution in [1.82, 2.24) is 5.32 Å². The Kier molecular flexibility index (Phi) is 6.13. The number of hydrogen-bond donors (Lipinski definition) is 1. The van der Waals surface area contributed by atoms with Gasteiger partial charge >= 0.3 is 0 Å². The summed E-state index contributed by atoms with van der Waals surface area (Å²) in [5, 5.41) is 4.28. The van der Waals surface area contributed by atoms with Crippen molar-refractivity contribution < 1.29 is 4.74 Å². The van der Waals surface area contributed by atoms with E-state index in [9.17, 15) is 0 Å². The minimum absolute atomic E-state index is 0.103. The Labute approximate surface area is 116 Å². The van der Waals surface area contributed by atoms with Crippen LogP contribution in [-0.2, 0) is 11.2 Å². The maximum absolute atomic E-state index is 6.19. The monoisotopic (exact) mass is 269 g/mol. The van der Waals surface area contributed by atoms with Crippen molar-refractivity contribution in [2.24, 2.45) is 0 Å². The molecule has 1 N–H and O–H groups in total. The summed E-state index contributed by atoms with van der Waals surface area (Å²) in [4.78, 5) is 0. The summed E-state index contributed by atoms with van der Waals surface area (Å²) in [6.07, 6.45) is 0.892. The summed E-state index contributed by atoms with van der Waals surface area (Å²) in [7, 11) is 0. The SMILES string of the molecule is CCNC(COC(C)(C)C)Cc1ccccc1Cl. The summed E-state index contributed by atoms with van der Waals surface area (Å²) >= 11 is 6.19. The van der Waals surface area contributed by atoms with Gasteiger partial charge in [-0.2, -0.15) is 0 Å². The van der Waals surface area contributed by atoms with Crippen LogP contribution in [-0.4, -0.2) is 24.8 Å². The second kappa shape index (κ2) is 7.13. The topological polar surface area (TPSA) is 21.3 Å². The smallest absolute Gasteiger partial charge is 0.0629 e. The van der Waals surface area contributed by atoms with Gasteiger partial charge in [-0.15, -0.1) is 0 Å². The lowest BCUT2D eigenvalue weighted by atomic mass is 10.1. The van der Waals surface area contributed by atoms with Crippen LogP contribution in [0.3, 0.4) is 0 Å². The number of rotatable bonds is 6. The minimum Gasteiger partial charge on any atom is -0.374 e. The van der Waals surface area contributed by atoms with Crippen LogP contribution in [0.5, 0.6) is 0 Å². The van der Waals surface area contributed by atoms with E-state index in [0.29, 0.717) is 12.6 Å². The van der Waals surface area contributed by atoms with Crippen molar-refractivity contribution in [3.63, 3.8) is 0 Å². The molecule has 0 aliphatic rings. The van der Waals surface area contributed by atoms with E-state index in [0.717, 1.165) is 18.0 Å². The normalized spacial score (nSPS) is 13.6. The number of likely N-dealkylation sites (N-methyl/N-ethyl adjacent to an activating group) is 1. The van der Waals surface area contributed by atoms with Gasteiger partial charge in [0.25, 0.3) is 0 Å². The van der Waals surface area contributed by atoms with Crippen LogP contribution in [0.4, 0.5) is 0 Å². The number of halogens is 1. The molecule has 1 rings (SSSR count). The molecule has 1 atom stereocenters. The molecule has 0 amide bonds. The van der Waals surface area contributed by atoms with Crippen LogP contribution in [0.25, 0.3) is 0 Å². The molecule has 0 aromatic heterocycles. The van der Waals surface area contributed by atoms with Gasteiger partial charge in [0.2, 0.25) is 0 Å². The molecule has 0 aliphatic heterocycles. The fraction of sp³-hybridized carbons (Fsp3) is 0.600. The van der Waals surface area contributed by atoms with Crippen LogP contribution in [0, 0.1) is 0 Å². The number of benzene rings is 1. The zero-order valence-corrected chi connectivity index (χ0v) is 12.6. The third kappa shape index (κ3) is 5.85. The summed E-state index contributed by atoms with van der Waals surface area (Å²) in [6.45, 7) is 9.96. The fourth-order valence-electron chi connectivity index (χ4n) is 1.76. The zero-order valence-electron chi connectivity index (χ0n) is 11.8. The first-order chi connectivity index (χ1) is 8.42. The zero-order chi connectivity index (χ0) is 13.6. The lowest BCUT2D eigenvalue weighted by Gasteiger charge is -2.25. The van der Waals surface area contributed by atoms with E-state index >= 15 is 0 Å². The summed E-state index contributed by atoms with van der Waals surface area (Å²) in [6, 6.07) is 8.29. The molecule has 1 aromatic carbocycles. The van der Waals surface area contributed by atoms with Crippen LogP contribution in [0.15, 0.2) is 24.3 Å². The Morgan fingerprint density at radius 3 is 2.50 bits per heavy atom. The average Bonchev–Trinajstić information content (AvgIpc) is 2.28. The first-order valence-electron chi connectivity index (χ1n) is 6.53. The van der Waals surface area contributed by atoms with E-state index in [1.54, 1.807) is 0 Å². The maximum atomic E-state index is 6.19. The molecule has 18 heavy (non-hydrogen) atoms. The molecule has 1 aromatic rings. The Hall–Kier alpha value is -0.570. The van der Waals surface area contributed by atoms with Crippen molar-refractivity contribution in [2.45, 2.75) is 45.8 Å². The van der Waals surface area contributed by atoms with Gasteiger partial charge in [-0.1, -0.05) is 36.7 Å². The summed E-state index contributed by atoms with van der Waals surface area (Å²) in [5.41, 5.74) is 1.07. The lowest BCUT2D eigenvalue weighted by molar-refractivity contribution is -0.0141. The molecule has 2 nitrogen and oxygen atoms in total. The van der Waals surface area contributed by atoms with Gasteiger partial charge in [-0.05, 0) is 45.4 Å². The van der Waals surface area contributed by atoms with E-state index in [2.05, 4.69) is 39.1 Å². The quantitative estimate of drug-likeness (QED) is 0.851. The molecule has 102 valence electrons. The predicted octanol–water partition coefficient (Wildman–Crippen LogP) is 3.68. The number of ether oxygens (including phenoxy) is 1. The molecular weight excluding hydrogens is 246 g/mol. The van der Waals surface area contributed by atoms with Crippen molar-refractivity contribution in [3.8, 4) is 0 Å². The molecule has 0 radical (unpaired) electrons. The molecule has 0 aliphatic carbocycles. The molecular formula is C15H24ClNO. The molecule has 0 spiro atoms. The van der Waals surface area contributed by atoms with Gasteiger partial charge in [0.1, 0.15) is 0 Å². The van der Waals surface area contributed by atoms with Gasteiger partial charge in [-0.3, -0.25) is 0 Å². The standard InChI is InChI=1S/C15H24ClNO/c1-5-17-13(11-18-15(2,3)4)10-12-8-6-7-9-14(12)16/h6-9,13,17H,5,10-11H2,1-4H3. The van der Waals surface area contributed by atoms with Crippen molar-refractivity contribution in [2.75, 3.05) is 13.2 Å². The van der Waals surface area contributed by atoms with Gasteiger partial charge in [0.15, 0.2) is 0 Å². The molecule has 0 saturated carbocycles. The largest absolute Gasteiger partial charge is 0.374 e. The second-order valence-corrected chi connectivity index (χ2v) is 5.88. The predicted molar refractivity (Wildman–Crippen MR) is 78.3 cm³/mol. The Morgan fingerprint density at radius 2 is 1.94 bits per heavy atom. The maximum Gasteiger partial charge on any atom is 0.0629 e. The van der Waals surface area contributed by atoms with Gasteiger partial charge in [0, 0.05) is 11.1 Å². The highest BCUT2D eigenvalue weighted by atomic mass is 35.5. The molecule has 0 fully saturated rings. The van der Waals surface area contributed by atoms with E-state index in [1.165, 1.54) is 5.56 Å².